The lowest BCUT2D eigenvalue weighted by atomic mass is 9.84. The van der Waals surface area contributed by atoms with Crippen LogP contribution >= 0.6 is 0 Å². The van der Waals surface area contributed by atoms with E-state index in [2.05, 4.69) is 98.3 Å². The largest absolute Gasteiger partial charge is 0.453 e. The number of halogens is 1. The Balaban J connectivity index is 1.04. The Morgan fingerprint density at radius 3 is 2.14 bits per heavy atom. The molecule has 9 unspecified atom stereocenters. The van der Waals surface area contributed by atoms with E-state index in [0.717, 1.165) is 63.3 Å². The maximum atomic E-state index is 15.0. The van der Waals surface area contributed by atoms with Crippen LogP contribution in [0.5, 0.6) is 0 Å². The fourth-order valence-corrected chi connectivity index (χ4v) is 10.1. The number of carbonyl (C=O) groups is 3. The van der Waals surface area contributed by atoms with Crippen LogP contribution in [0.1, 0.15) is 109 Å². The standard InChI is InChI=1S/C48H62FN9O6/c1-10-28-15-39(56(22-28)45(59)41(24(2)3)54-47(61)63-8)43-50-20-35(52-43)29-12-14-37-31(16-29)18-38-33-13-11-30(17-34(33)26(6)27(7)58(37)38)36-21-51-44(53-36)40-19-32(49)23-57(40)46(60)42(25(4)5)55-48(62)64-9/h11-14,16-18,20-21,24-28,32,39-42,45,59H,10,15,19,22-23H2,1-9H3,(H,50,52)(H,51,53)(H,54,61)(H,55,62). The fraction of sp³-hybridized carbons (Fsp3) is 0.521. The highest BCUT2D eigenvalue weighted by Crippen LogP contribution is 2.47. The molecule has 5 aromatic rings. The second-order valence-electron chi connectivity index (χ2n) is 18.6. The Bertz CT molecular complexity index is 2510. The van der Waals surface area contributed by atoms with E-state index in [4.69, 9.17) is 14.5 Å². The lowest BCUT2D eigenvalue weighted by molar-refractivity contribution is -0.135. The smallest absolute Gasteiger partial charge is 0.407 e. The lowest BCUT2D eigenvalue weighted by Crippen LogP contribution is -2.54. The first-order valence-electron chi connectivity index (χ1n) is 22.6. The van der Waals surface area contributed by atoms with Crippen molar-refractivity contribution >= 4 is 29.0 Å². The van der Waals surface area contributed by atoms with E-state index < -0.39 is 42.7 Å². The van der Waals surface area contributed by atoms with Gasteiger partial charge in [0, 0.05) is 52.6 Å². The summed E-state index contributed by atoms with van der Waals surface area (Å²) >= 11 is 0. The third kappa shape index (κ3) is 8.26. The average molecular weight is 880 g/mol. The molecule has 0 saturated carbocycles. The van der Waals surface area contributed by atoms with E-state index in [1.807, 2.05) is 33.9 Å². The molecule has 15 nitrogen and oxygen atoms in total. The van der Waals surface area contributed by atoms with Gasteiger partial charge in [0.2, 0.25) is 5.91 Å². The van der Waals surface area contributed by atoms with E-state index in [9.17, 15) is 23.9 Å². The average Bonchev–Trinajstić information content (AvgIpc) is 4.14. The maximum absolute atomic E-state index is 15.0. The number of amides is 3. The molecular formula is C48H62FN9O6. The van der Waals surface area contributed by atoms with Gasteiger partial charge in [0.25, 0.3) is 0 Å². The minimum Gasteiger partial charge on any atom is -0.453 e. The van der Waals surface area contributed by atoms with Crippen molar-refractivity contribution in [3.63, 3.8) is 0 Å². The predicted molar refractivity (Wildman–Crippen MR) is 242 cm³/mol. The molecule has 0 aliphatic carbocycles. The Labute approximate surface area is 373 Å². The number of carbonyl (C=O) groups excluding carboxylic acids is 3. The Kier molecular flexibility index (Phi) is 12.6. The first-order chi connectivity index (χ1) is 30.6. The zero-order valence-electron chi connectivity index (χ0n) is 38.2. The molecule has 16 heteroatoms. The molecule has 64 heavy (non-hydrogen) atoms. The summed E-state index contributed by atoms with van der Waals surface area (Å²) in [6.07, 6.45) is 2.09. The number of aromatic amines is 2. The first kappa shape index (κ1) is 44.9. The van der Waals surface area contributed by atoms with Crippen LogP contribution < -0.4 is 10.6 Å². The summed E-state index contributed by atoms with van der Waals surface area (Å²) in [4.78, 5) is 58.1. The molecule has 8 rings (SSSR count). The van der Waals surface area contributed by atoms with Gasteiger partial charge in [-0.15, -0.1) is 0 Å². The van der Waals surface area contributed by atoms with E-state index in [1.165, 1.54) is 24.7 Å². The Morgan fingerprint density at radius 2 is 1.50 bits per heavy atom. The van der Waals surface area contributed by atoms with E-state index in [0.29, 0.717) is 18.3 Å². The summed E-state index contributed by atoms with van der Waals surface area (Å²) in [6.45, 7) is 14.9. The number of rotatable bonds is 12. The minimum atomic E-state index is -1.22. The molecule has 342 valence electrons. The van der Waals surface area contributed by atoms with Crippen molar-refractivity contribution in [2.75, 3.05) is 27.3 Å². The van der Waals surface area contributed by atoms with Crippen molar-refractivity contribution in [3.8, 4) is 33.8 Å². The van der Waals surface area contributed by atoms with Crippen LogP contribution in [0, 0.1) is 17.8 Å². The van der Waals surface area contributed by atoms with E-state index in [1.54, 1.807) is 6.20 Å². The van der Waals surface area contributed by atoms with Gasteiger partial charge in [0.15, 0.2) is 0 Å². The zero-order valence-corrected chi connectivity index (χ0v) is 38.2. The molecule has 2 aromatic carbocycles. The molecule has 0 radical (unpaired) electrons. The third-order valence-corrected chi connectivity index (χ3v) is 14.0. The van der Waals surface area contributed by atoms with Crippen molar-refractivity contribution in [1.82, 2.24) is 44.9 Å². The number of aliphatic hydroxyl groups excluding tert-OH is 1. The van der Waals surface area contributed by atoms with Gasteiger partial charge in [-0.2, -0.15) is 0 Å². The molecular weight excluding hydrogens is 818 g/mol. The normalized spacial score (nSPS) is 23.5. The molecule has 9 atom stereocenters. The number of likely N-dealkylation sites (tertiary alicyclic amines) is 2. The van der Waals surface area contributed by atoms with Crippen LogP contribution in [0.15, 0.2) is 54.9 Å². The number of hydrogen-bond donors (Lipinski definition) is 5. The quantitative estimate of drug-likeness (QED) is 0.0825. The van der Waals surface area contributed by atoms with Crippen LogP contribution in [0.3, 0.4) is 0 Å². The molecule has 2 saturated heterocycles. The van der Waals surface area contributed by atoms with Gasteiger partial charge >= 0.3 is 12.2 Å². The molecule has 3 amide bonds. The number of hydrogen-bond acceptors (Lipinski definition) is 9. The summed E-state index contributed by atoms with van der Waals surface area (Å²) in [5.74, 6) is 1.19. The number of alkyl carbamates (subject to hydrolysis) is 2. The van der Waals surface area contributed by atoms with Gasteiger partial charge in [-0.25, -0.2) is 23.9 Å². The van der Waals surface area contributed by atoms with E-state index in [-0.39, 0.29) is 48.7 Å². The summed E-state index contributed by atoms with van der Waals surface area (Å²) in [5.41, 5.74) is 8.23. The van der Waals surface area contributed by atoms with Gasteiger partial charge < -0.3 is 44.6 Å². The molecule has 3 aliphatic rings. The molecule has 6 heterocycles. The number of imidazole rings is 2. The van der Waals surface area contributed by atoms with Crippen molar-refractivity contribution in [1.29, 1.82) is 0 Å². The van der Waals surface area contributed by atoms with Gasteiger partial charge in [-0.1, -0.05) is 66.2 Å². The van der Waals surface area contributed by atoms with Crippen LogP contribution in [0.2, 0.25) is 0 Å². The van der Waals surface area contributed by atoms with Crippen molar-refractivity contribution in [3.05, 3.63) is 72.1 Å². The van der Waals surface area contributed by atoms with E-state index >= 15 is 0 Å². The third-order valence-electron chi connectivity index (χ3n) is 14.0. The van der Waals surface area contributed by atoms with Crippen LogP contribution in [-0.2, 0) is 14.3 Å². The number of aliphatic hydroxyl groups is 1. The first-order valence-corrected chi connectivity index (χ1v) is 22.6. The number of benzene rings is 2. The number of methoxy groups -OCH3 is 2. The van der Waals surface area contributed by atoms with Gasteiger partial charge in [0.1, 0.15) is 30.1 Å². The summed E-state index contributed by atoms with van der Waals surface area (Å²) in [6, 6.07) is 13.2. The predicted octanol–water partition coefficient (Wildman–Crippen LogP) is 8.23. The van der Waals surface area contributed by atoms with Gasteiger partial charge in [0.05, 0.1) is 62.7 Å². The molecule has 5 N–H and O–H groups in total. The topological polar surface area (TPSA) is 183 Å². The zero-order chi connectivity index (χ0) is 45.7. The van der Waals surface area contributed by atoms with Gasteiger partial charge in [-0.3, -0.25) is 9.69 Å². The monoisotopic (exact) mass is 879 g/mol. The number of nitrogens with zero attached hydrogens (tertiary/aromatic N) is 5. The molecule has 3 aliphatic heterocycles. The molecule has 0 spiro atoms. The van der Waals surface area contributed by atoms with Crippen molar-refractivity contribution in [2.45, 2.75) is 116 Å². The molecule has 2 fully saturated rings. The Morgan fingerprint density at radius 1 is 0.859 bits per heavy atom. The second-order valence-corrected chi connectivity index (χ2v) is 18.6. The second kappa shape index (κ2) is 18.0. The van der Waals surface area contributed by atoms with Gasteiger partial charge in [-0.05, 0) is 66.5 Å². The number of H-pyrrole nitrogens is 2. The minimum absolute atomic E-state index is 0.0312. The summed E-state index contributed by atoms with van der Waals surface area (Å²) in [5, 5.41) is 18.2. The molecule has 3 aromatic heterocycles. The number of fused-ring (bicyclic) bond motifs is 5. The Hall–Kier alpha value is -5.74. The van der Waals surface area contributed by atoms with Crippen LogP contribution in [0.25, 0.3) is 44.7 Å². The number of nitrogens with one attached hydrogen (secondary N) is 4. The number of alkyl halides is 1. The van der Waals surface area contributed by atoms with Crippen molar-refractivity contribution < 1.29 is 33.4 Å². The number of aromatic nitrogens is 5. The summed E-state index contributed by atoms with van der Waals surface area (Å²) in [7, 11) is 2.57. The van der Waals surface area contributed by atoms with Crippen LogP contribution in [-0.4, -0.2) is 109 Å². The maximum Gasteiger partial charge on any atom is 0.407 e. The molecule has 0 bridgehead atoms. The highest BCUT2D eigenvalue weighted by molar-refractivity contribution is 5.92. The SMILES string of the molecule is CCC1CC(c2ncc(-c3ccc4c(c3)cc3n4C(C)C(C)c4cc(-c5cnc(C6CC(F)CN6C(=O)C(NC(=O)OC)C(C)C)[nH]5)ccc4-3)[nH]2)N(C(O)C(NC(=O)OC)C(C)C)C1. The lowest BCUT2D eigenvalue weighted by Gasteiger charge is -2.36. The highest BCUT2D eigenvalue weighted by Gasteiger charge is 2.43. The van der Waals surface area contributed by atoms with Crippen LogP contribution in [0.4, 0.5) is 14.0 Å². The fourth-order valence-electron chi connectivity index (χ4n) is 10.1. The highest BCUT2D eigenvalue weighted by atomic mass is 19.1. The summed E-state index contributed by atoms with van der Waals surface area (Å²) < 4.78 is 27.0. The van der Waals surface area contributed by atoms with Crippen molar-refractivity contribution in [2.24, 2.45) is 17.8 Å². The number of ether oxygens (including phenoxy) is 2.